The van der Waals surface area contributed by atoms with E-state index in [4.69, 9.17) is 11.6 Å². The number of aromatic hydroxyl groups is 1. The largest absolute Gasteiger partial charge is 0.507 e. The minimum Gasteiger partial charge on any atom is -0.507 e. The van der Waals surface area contributed by atoms with Gasteiger partial charge in [-0.25, -0.2) is 4.98 Å². The van der Waals surface area contributed by atoms with E-state index in [-0.39, 0.29) is 5.75 Å². The quantitative estimate of drug-likeness (QED) is 0.724. The van der Waals surface area contributed by atoms with Crippen LogP contribution in [0, 0.1) is 0 Å². The third-order valence-corrected chi connectivity index (χ3v) is 3.29. The highest BCUT2D eigenvalue weighted by molar-refractivity contribution is 6.35. The Labute approximate surface area is 109 Å². The van der Waals surface area contributed by atoms with E-state index in [1.807, 2.05) is 41.9 Å². The molecule has 1 heterocycles. The highest BCUT2D eigenvalue weighted by Gasteiger charge is 2.14. The first-order valence-corrected chi connectivity index (χ1v) is 5.95. The van der Waals surface area contributed by atoms with Crippen molar-refractivity contribution in [1.82, 2.24) is 9.55 Å². The number of hydrogen-bond acceptors (Lipinski definition) is 2. The summed E-state index contributed by atoms with van der Waals surface area (Å²) < 4.78 is 1.90. The first-order chi connectivity index (χ1) is 8.68. The second kappa shape index (κ2) is 4.03. The monoisotopic (exact) mass is 258 g/mol. The van der Waals surface area contributed by atoms with Crippen molar-refractivity contribution >= 4 is 22.6 Å². The van der Waals surface area contributed by atoms with Gasteiger partial charge < -0.3 is 9.67 Å². The molecule has 0 saturated carbocycles. The maximum absolute atomic E-state index is 9.90. The number of phenolic OH excluding ortho intramolecular Hbond substituents is 1. The standard InChI is InChI=1S/C14H11ClN2O/c1-17-13-10(15)6-4-7-11(13)16-14(17)9-5-2-3-8-12(9)18/h2-8,18H,1H3. The minimum absolute atomic E-state index is 0.215. The number of imidazole rings is 1. The lowest BCUT2D eigenvalue weighted by atomic mass is 10.2. The zero-order valence-corrected chi connectivity index (χ0v) is 10.5. The van der Waals surface area contributed by atoms with Gasteiger partial charge in [-0.3, -0.25) is 0 Å². The molecule has 0 aliphatic heterocycles. The van der Waals surface area contributed by atoms with Gasteiger partial charge in [-0.05, 0) is 24.3 Å². The van der Waals surface area contributed by atoms with Crippen LogP contribution in [-0.4, -0.2) is 14.7 Å². The summed E-state index contributed by atoms with van der Waals surface area (Å²) in [4.78, 5) is 4.52. The lowest BCUT2D eigenvalue weighted by Crippen LogP contribution is -1.93. The molecule has 0 saturated heterocycles. The van der Waals surface area contributed by atoms with Crippen LogP contribution >= 0.6 is 11.6 Å². The molecule has 1 N–H and O–H groups in total. The molecule has 3 nitrogen and oxygen atoms in total. The van der Waals surface area contributed by atoms with E-state index in [1.54, 1.807) is 12.1 Å². The molecule has 0 bridgehead atoms. The zero-order chi connectivity index (χ0) is 12.7. The highest BCUT2D eigenvalue weighted by Crippen LogP contribution is 2.32. The fourth-order valence-electron chi connectivity index (χ4n) is 2.12. The van der Waals surface area contributed by atoms with E-state index in [0.29, 0.717) is 16.4 Å². The number of fused-ring (bicyclic) bond motifs is 1. The Balaban J connectivity index is 2.35. The van der Waals surface area contributed by atoms with Gasteiger partial charge in [0.15, 0.2) is 0 Å². The highest BCUT2D eigenvalue weighted by atomic mass is 35.5. The van der Waals surface area contributed by atoms with Crippen molar-refractivity contribution in [3.05, 3.63) is 47.5 Å². The topological polar surface area (TPSA) is 38.0 Å². The summed E-state index contributed by atoms with van der Waals surface area (Å²) in [7, 11) is 1.89. The lowest BCUT2D eigenvalue weighted by Gasteiger charge is -2.04. The third kappa shape index (κ3) is 1.56. The van der Waals surface area contributed by atoms with Gasteiger partial charge in [0.2, 0.25) is 0 Å². The van der Waals surface area contributed by atoms with Crippen molar-refractivity contribution in [3.63, 3.8) is 0 Å². The van der Waals surface area contributed by atoms with Crippen LogP contribution in [0.2, 0.25) is 5.02 Å². The molecule has 3 aromatic rings. The molecule has 0 unspecified atom stereocenters. The summed E-state index contributed by atoms with van der Waals surface area (Å²) in [5.41, 5.74) is 2.40. The van der Waals surface area contributed by atoms with Gasteiger partial charge in [-0.15, -0.1) is 0 Å². The number of aromatic nitrogens is 2. The summed E-state index contributed by atoms with van der Waals surface area (Å²) in [6.07, 6.45) is 0. The van der Waals surface area contributed by atoms with E-state index in [9.17, 15) is 5.11 Å². The van der Waals surface area contributed by atoms with Crippen LogP contribution < -0.4 is 0 Å². The number of aryl methyl sites for hydroxylation is 1. The minimum atomic E-state index is 0.215. The Morgan fingerprint density at radius 1 is 1.11 bits per heavy atom. The average Bonchev–Trinajstić information content (AvgIpc) is 2.69. The molecule has 0 aliphatic rings. The van der Waals surface area contributed by atoms with Crippen molar-refractivity contribution in [2.75, 3.05) is 0 Å². The summed E-state index contributed by atoms with van der Waals surface area (Å²) in [6, 6.07) is 12.8. The molecule has 1 aromatic heterocycles. The molecule has 3 rings (SSSR count). The molecule has 0 spiro atoms. The molecule has 0 fully saturated rings. The fraction of sp³-hybridized carbons (Fsp3) is 0.0714. The molecule has 18 heavy (non-hydrogen) atoms. The summed E-state index contributed by atoms with van der Waals surface area (Å²) in [6.45, 7) is 0. The second-order valence-corrected chi connectivity index (χ2v) is 4.53. The van der Waals surface area contributed by atoms with Crippen LogP contribution in [0.1, 0.15) is 0 Å². The molecular formula is C14H11ClN2O. The van der Waals surface area contributed by atoms with E-state index < -0.39 is 0 Å². The normalized spacial score (nSPS) is 11.0. The Morgan fingerprint density at radius 3 is 2.61 bits per heavy atom. The smallest absolute Gasteiger partial charge is 0.144 e. The van der Waals surface area contributed by atoms with Crippen molar-refractivity contribution < 1.29 is 5.11 Å². The maximum Gasteiger partial charge on any atom is 0.144 e. The first-order valence-electron chi connectivity index (χ1n) is 5.58. The maximum atomic E-state index is 9.90. The molecule has 2 aromatic carbocycles. The number of halogens is 1. The molecule has 0 aliphatic carbocycles. The van der Waals surface area contributed by atoms with Gasteiger partial charge >= 0.3 is 0 Å². The predicted octanol–water partition coefficient (Wildman–Crippen LogP) is 3.60. The number of para-hydroxylation sites is 2. The number of rotatable bonds is 1. The number of benzene rings is 2. The SMILES string of the molecule is Cn1c(-c2ccccc2O)nc2cccc(Cl)c21. The number of hydrogen-bond donors (Lipinski definition) is 1. The van der Waals surface area contributed by atoms with Crippen molar-refractivity contribution in [1.29, 1.82) is 0 Å². The van der Waals surface area contributed by atoms with E-state index in [2.05, 4.69) is 4.98 Å². The summed E-state index contributed by atoms with van der Waals surface area (Å²) in [5, 5.41) is 10.6. The van der Waals surface area contributed by atoms with Crippen LogP contribution in [-0.2, 0) is 7.05 Å². The molecule has 90 valence electrons. The van der Waals surface area contributed by atoms with Crippen LogP contribution in [0.3, 0.4) is 0 Å². The van der Waals surface area contributed by atoms with Crippen LogP contribution in [0.5, 0.6) is 5.75 Å². The number of phenols is 1. The van der Waals surface area contributed by atoms with Crippen molar-refractivity contribution in [2.45, 2.75) is 0 Å². The average molecular weight is 259 g/mol. The Bertz CT molecular complexity index is 734. The Morgan fingerprint density at radius 2 is 1.89 bits per heavy atom. The predicted molar refractivity (Wildman–Crippen MR) is 72.8 cm³/mol. The summed E-state index contributed by atoms with van der Waals surface area (Å²) >= 11 is 6.18. The first kappa shape index (κ1) is 11.1. The van der Waals surface area contributed by atoms with Gasteiger partial charge in [0.1, 0.15) is 11.6 Å². The molecular weight excluding hydrogens is 248 g/mol. The van der Waals surface area contributed by atoms with Crippen LogP contribution in [0.15, 0.2) is 42.5 Å². The third-order valence-electron chi connectivity index (χ3n) is 2.99. The van der Waals surface area contributed by atoms with Gasteiger partial charge in [0, 0.05) is 7.05 Å². The Kier molecular flexibility index (Phi) is 2.49. The van der Waals surface area contributed by atoms with Crippen molar-refractivity contribution in [3.8, 4) is 17.1 Å². The van der Waals surface area contributed by atoms with Crippen LogP contribution in [0.25, 0.3) is 22.4 Å². The zero-order valence-electron chi connectivity index (χ0n) is 9.76. The molecule has 0 radical (unpaired) electrons. The number of nitrogens with zero attached hydrogens (tertiary/aromatic N) is 2. The lowest BCUT2D eigenvalue weighted by molar-refractivity contribution is 0.476. The Hall–Kier alpha value is -2.00. The van der Waals surface area contributed by atoms with Gasteiger partial charge in [0.25, 0.3) is 0 Å². The van der Waals surface area contributed by atoms with E-state index in [0.717, 1.165) is 11.0 Å². The van der Waals surface area contributed by atoms with Gasteiger partial charge in [-0.1, -0.05) is 29.8 Å². The molecule has 0 amide bonds. The van der Waals surface area contributed by atoms with E-state index in [1.165, 1.54) is 0 Å². The molecule has 0 atom stereocenters. The fourth-order valence-corrected chi connectivity index (χ4v) is 2.42. The van der Waals surface area contributed by atoms with Crippen LogP contribution in [0.4, 0.5) is 0 Å². The van der Waals surface area contributed by atoms with Crippen molar-refractivity contribution in [2.24, 2.45) is 7.05 Å². The van der Waals surface area contributed by atoms with E-state index >= 15 is 0 Å². The molecule has 4 heteroatoms. The second-order valence-electron chi connectivity index (χ2n) is 4.12. The van der Waals surface area contributed by atoms with Gasteiger partial charge in [-0.2, -0.15) is 0 Å². The summed E-state index contributed by atoms with van der Waals surface area (Å²) in [5.74, 6) is 0.920. The van der Waals surface area contributed by atoms with Gasteiger partial charge in [0.05, 0.1) is 21.6 Å².